The second-order valence-corrected chi connectivity index (χ2v) is 6.49. The third-order valence-corrected chi connectivity index (χ3v) is 4.80. The van der Waals surface area contributed by atoms with Crippen molar-refractivity contribution in [3.05, 3.63) is 29.6 Å². The maximum atomic E-state index is 4.86. The minimum Gasteiger partial charge on any atom is -0.341 e. The molecule has 21 heavy (non-hydrogen) atoms. The first-order chi connectivity index (χ1) is 10.2. The summed E-state index contributed by atoms with van der Waals surface area (Å²) in [6.07, 6.45) is 4.88. The first kappa shape index (κ1) is 14.6. The molecule has 1 aromatic heterocycles. The van der Waals surface area contributed by atoms with Crippen molar-refractivity contribution in [2.24, 2.45) is 5.92 Å². The zero-order valence-corrected chi connectivity index (χ0v) is 13.5. The number of aromatic amines is 1. The molecule has 1 fully saturated rings. The number of nitrogens with zero attached hydrogens (tertiary/aromatic N) is 2. The number of imidazole rings is 1. The van der Waals surface area contributed by atoms with Crippen LogP contribution in [0.2, 0.25) is 0 Å². The predicted octanol–water partition coefficient (Wildman–Crippen LogP) is 4.31. The molecule has 0 aliphatic carbocycles. The van der Waals surface area contributed by atoms with E-state index in [9.17, 15) is 0 Å². The van der Waals surface area contributed by atoms with Gasteiger partial charge in [-0.05, 0) is 55.8 Å². The third kappa shape index (κ3) is 2.98. The van der Waals surface area contributed by atoms with Gasteiger partial charge >= 0.3 is 0 Å². The number of fused-ring (bicyclic) bond motifs is 1. The number of hydrogen-bond acceptors (Lipinski definition) is 2. The lowest BCUT2D eigenvalue weighted by Crippen LogP contribution is -2.37. The average Bonchev–Trinajstić information content (AvgIpc) is 2.90. The molecule has 0 spiro atoms. The summed E-state index contributed by atoms with van der Waals surface area (Å²) in [6.45, 7) is 9.25. The Kier molecular flexibility index (Phi) is 4.29. The van der Waals surface area contributed by atoms with Crippen molar-refractivity contribution >= 4 is 11.0 Å². The standard InChI is InChI=1S/C18H27N3/c1-4-14-8-9-15-16(11-14)20-18(19-15)17(5-2)21-10-6-7-13(3)12-21/h8-9,11,13,17H,4-7,10,12H2,1-3H3,(H,19,20). The summed E-state index contributed by atoms with van der Waals surface area (Å²) < 4.78 is 0. The Labute approximate surface area is 127 Å². The van der Waals surface area contributed by atoms with Gasteiger partial charge in [0.1, 0.15) is 5.82 Å². The van der Waals surface area contributed by atoms with Crippen molar-refractivity contribution in [3.63, 3.8) is 0 Å². The van der Waals surface area contributed by atoms with Crippen molar-refractivity contribution in [3.8, 4) is 0 Å². The molecule has 0 radical (unpaired) electrons. The molecule has 2 aromatic rings. The fraction of sp³-hybridized carbons (Fsp3) is 0.611. The van der Waals surface area contributed by atoms with Gasteiger partial charge in [-0.3, -0.25) is 4.90 Å². The van der Waals surface area contributed by atoms with Crippen LogP contribution in [-0.4, -0.2) is 28.0 Å². The lowest BCUT2D eigenvalue weighted by molar-refractivity contribution is 0.122. The molecule has 1 N–H and O–H groups in total. The predicted molar refractivity (Wildman–Crippen MR) is 88.5 cm³/mol. The molecule has 2 unspecified atom stereocenters. The fourth-order valence-corrected chi connectivity index (χ4v) is 3.59. The number of aryl methyl sites for hydroxylation is 1. The van der Waals surface area contributed by atoms with E-state index >= 15 is 0 Å². The third-order valence-electron chi connectivity index (χ3n) is 4.80. The molecular weight excluding hydrogens is 258 g/mol. The van der Waals surface area contributed by atoms with Crippen LogP contribution in [0.25, 0.3) is 11.0 Å². The first-order valence-electron chi connectivity index (χ1n) is 8.43. The summed E-state index contributed by atoms with van der Waals surface area (Å²) in [5, 5.41) is 0. The molecule has 0 bridgehead atoms. The molecule has 3 heteroatoms. The molecule has 0 saturated carbocycles. The number of nitrogens with one attached hydrogen (secondary N) is 1. The molecule has 1 aliphatic heterocycles. The van der Waals surface area contributed by atoms with E-state index in [-0.39, 0.29) is 0 Å². The second kappa shape index (κ2) is 6.18. The van der Waals surface area contributed by atoms with E-state index in [0.29, 0.717) is 6.04 Å². The summed E-state index contributed by atoms with van der Waals surface area (Å²) in [4.78, 5) is 11.1. The number of rotatable bonds is 4. The lowest BCUT2D eigenvalue weighted by atomic mass is 9.98. The van der Waals surface area contributed by atoms with Crippen LogP contribution >= 0.6 is 0 Å². The van der Waals surface area contributed by atoms with Crippen LogP contribution in [0.15, 0.2) is 18.2 Å². The van der Waals surface area contributed by atoms with E-state index in [0.717, 1.165) is 30.1 Å². The Balaban J connectivity index is 1.89. The van der Waals surface area contributed by atoms with E-state index in [1.165, 1.54) is 37.0 Å². The van der Waals surface area contributed by atoms with Crippen LogP contribution in [0.3, 0.4) is 0 Å². The Morgan fingerprint density at radius 2 is 2.24 bits per heavy atom. The van der Waals surface area contributed by atoms with Gasteiger partial charge in [0.05, 0.1) is 17.1 Å². The highest BCUT2D eigenvalue weighted by Crippen LogP contribution is 2.29. The monoisotopic (exact) mass is 285 g/mol. The van der Waals surface area contributed by atoms with E-state index < -0.39 is 0 Å². The molecule has 3 nitrogen and oxygen atoms in total. The normalized spacial score (nSPS) is 21.8. The topological polar surface area (TPSA) is 31.9 Å². The van der Waals surface area contributed by atoms with E-state index in [1.54, 1.807) is 0 Å². The van der Waals surface area contributed by atoms with Gasteiger partial charge in [0.15, 0.2) is 0 Å². The zero-order chi connectivity index (χ0) is 14.8. The van der Waals surface area contributed by atoms with E-state index in [4.69, 9.17) is 4.98 Å². The Morgan fingerprint density at radius 3 is 2.95 bits per heavy atom. The number of aromatic nitrogens is 2. The molecule has 2 heterocycles. The Bertz CT molecular complexity index is 602. The maximum absolute atomic E-state index is 4.86. The summed E-state index contributed by atoms with van der Waals surface area (Å²) in [6, 6.07) is 7.03. The fourth-order valence-electron chi connectivity index (χ4n) is 3.59. The Morgan fingerprint density at radius 1 is 1.38 bits per heavy atom. The average molecular weight is 285 g/mol. The zero-order valence-electron chi connectivity index (χ0n) is 13.5. The van der Waals surface area contributed by atoms with Crippen LogP contribution in [0, 0.1) is 5.92 Å². The first-order valence-corrected chi connectivity index (χ1v) is 8.43. The highest BCUT2D eigenvalue weighted by atomic mass is 15.2. The number of hydrogen-bond donors (Lipinski definition) is 1. The van der Waals surface area contributed by atoms with Gasteiger partial charge in [-0.1, -0.05) is 26.8 Å². The molecule has 1 aromatic carbocycles. The van der Waals surface area contributed by atoms with Gasteiger partial charge in [-0.2, -0.15) is 0 Å². The van der Waals surface area contributed by atoms with Crippen molar-refractivity contribution in [2.75, 3.05) is 13.1 Å². The van der Waals surface area contributed by atoms with Gasteiger partial charge in [0, 0.05) is 6.54 Å². The van der Waals surface area contributed by atoms with Crippen LogP contribution in [0.5, 0.6) is 0 Å². The van der Waals surface area contributed by atoms with Crippen LogP contribution in [0.4, 0.5) is 0 Å². The molecule has 1 aliphatic rings. The van der Waals surface area contributed by atoms with E-state index in [1.807, 2.05) is 0 Å². The molecule has 114 valence electrons. The van der Waals surface area contributed by atoms with Crippen LogP contribution in [-0.2, 0) is 6.42 Å². The quantitative estimate of drug-likeness (QED) is 0.908. The van der Waals surface area contributed by atoms with Crippen molar-refractivity contribution in [1.82, 2.24) is 14.9 Å². The van der Waals surface area contributed by atoms with Crippen LogP contribution in [0.1, 0.15) is 57.5 Å². The highest BCUT2D eigenvalue weighted by molar-refractivity contribution is 5.76. The maximum Gasteiger partial charge on any atom is 0.124 e. The minimum absolute atomic E-state index is 0.435. The van der Waals surface area contributed by atoms with Gasteiger partial charge < -0.3 is 4.98 Å². The van der Waals surface area contributed by atoms with Crippen molar-refractivity contribution in [2.45, 2.75) is 52.5 Å². The molecule has 1 saturated heterocycles. The number of H-pyrrole nitrogens is 1. The summed E-state index contributed by atoms with van der Waals surface area (Å²) in [7, 11) is 0. The number of benzene rings is 1. The van der Waals surface area contributed by atoms with Crippen molar-refractivity contribution in [1.29, 1.82) is 0 Å². The second-order valence-electron chi connectivity index (χ2n) is 6.49. The largest absolute Gasteiger partial charge is 0.341 e. The molecule has 2 atom stereocenters. The smallest absolute Gasteiger partial charge is 0.124 e. The van der Waals surface area contributed by atoms with Gasteiger partial charge in [-0.15, -0.1) is 0 Å². The van der Waals surface area contributed by atoms with Gasteiger partial charge in [-0.25, -0.2) is 4.98 Å². The van der Waals surface area contributed by atoms with E-state index in [2.05, 4.69) is 48.9 Å². The summed E-state index contributed by atoms with van der Waals surface area (Å²) >= 11 is 0. The lowest BCUT2D eigenvalue weighted by Gasteiger charge is -2.35. The minimum atomic E-state index is 0.435. The number of likely N-dealkylation sites (tertiary alicyclic amines) is 1. The SMILES string of the molecule is CCc1ccc2nc(C(CC)N3CCCC(C)C3)[nH]c2c1. The highest BCUT2D eigenvalue weighted by Gasteiger charge is 2.26. The molecule has 0 amide bonds. The van der Waals surface area contributed by atoms with Gasteiger partial charge in [0.2, 0.25) is 0 Å². The van der Waals surface area contributed by atoms with Gasteiger partial charge in [0.25, 0.3) is 0 Å². The summed E-state index contributed by atoms with van der Waals surface area (Å²) in [5.74, 6) is 1.96. The molecular formula is C18H27N3. The van der Waals surface area contributed by atoms with Crippen LogP contribution < -0.4 is 0 Å². The molecule has 3 rings (SSSR count). The number of piperidine rings is 1. The Hall–Kier alpha value is -1.35. The van der Waals surface area contributed by atoms with Crippen molar-refractivity contribution < 1.29 is 0 Å². The summed E-state index contributed by atoms with van der Waals surface area (Å²) in [5.41, 5.74) is 3.66.